The molecule has 0 aliphatic carbocycles. The Morgan fingerprint density at radius 3 is 2.47 bits per heavy atom. The number of amides is 1. The fourth-order valence-electron chi connectivity index (χ4n) is 3.89. The summed E-state index contributed by atoms with van der Waals surface area (Å²) >= 11 is 12.3. The summed E-state index contributed by atoms with van der Waals surface area (Å²) in [4.78, 5) is 17.3. The molecule has 4 rings (SSSR count). The SMILES string of the molecule is Cc1cc(Cl)ccc1OCc1cccc(C(=O)N2CCN(Cc3ccccc3Cl)CC2)c1. The van der Waals surface area contributed by atoms with Crippen LogP contribution in [0.2, 0.25) is 10.0 Å². The topological polar surface area (TPSA) is 32.8 Å². The zero-order valence-electron chi connectivity index (χ0n) is 18.1. The zero-order chi connectivity index (χ0) is 22.5. The van der Waals surface area contributed by atoms with Crippen molar-refractivity contribution in [3.8, 4) is 5.75 Å². The molecular formula is C26H26Cl2N2O2. The van der Waals surface area contributed by atoms with Crippen LogP contribution in [0.4, 0.5) is 0 Å². The van der Waals surface area contributed by atoms with Crippen molar-refractivity contribution in [3.63, 3.8) is 0 Å². The van der Waals surface area contributed by atoms with Gasteiger partial charge in [0.05, 0.1) is 0 Å². The maximum absolute atomic E-state index is 13.1. The van der Waals surface area contributed by atoms with Gasteiger partial charge >= 0.3 is 0 Å². The molecule has 3 aromatic carbocycles. The van der Waals surface area contributed by atoms with Gasteiger partial charge in [-0.15, -0.1) is 0 Å². The van der Waals surface area contributed by atoms with E-state index in [-0.39, 0.29) is 5.91 Å². The number of benzene rings is 3. The van der Waals surface area contributed by atoms with Gasteiger partial charge in [-0.25, -0.2) is 0 Å². The van der Waals surface area contributed by atoms with E-state index < -0.39 is 0 Å². The van der Waals surface area contributed by atoms with E-state index in [4.69, 9.17) is 27.9 Å². The number of carbonyl (C=O) groups excluding carboxylic acids is 1. The first kappa shape index (κ1) is 22.7. The summed E-state index contributed by atoms with van der Waals surface area (Å²) in [6.45, 7) is 6.23. The minimum Gasteiger partial charge on any atom is -0.489 e. The van der Waals surface area contributed by atoms with Crippen LogP contribution in [-0.2, 0) is 13.2 Å². The van der Waals surface area contributed by atoms with Crippen molar-refractivity contribution in [2.24, 2.45) is 0 Å². The van der Waals surface area contributed by atoms with E-state index >= 15 is 0 Å². The Hall–Kier alpha value is -2.53. The summed E-state index contributed by atoms with van der Waals surface area (Å²) in [5, 5.41) is 1.48. The Balaban J connectivity index is 1.33. The summed E-state index contributed by atoms with van der Waals surface area (Å²) < 4.78 is 5.94. The third kappa shape index (κ3) is 5.63. The Bertz CT molecular complexity index is 1090. The highest BCUT2D eigenvalue weighted by Crippen LogP contribution is 2.23. The second-order valence-electron chi connectivity index (χ2n) is 8.06. The van der Waals surface area contributed by atoms with Crippen LogP contribution in [0.3, 0.4) is 0 Å². The normalized spacial score (nSPS) is 14.4. The van der Waals surface area contributed by atoms with Crippen molar-refractivity contribution in [1.29, 1.82) is 0 Å². The molecule has 1 saturated heterocycles. The van der Waals surface area contributed by atoms with Gasteiger partial charge < -0.3 is 9.64 Å². The summed E-state index contributed by atoms with van der Waals surface area (Å²) in [6.07, 6.45) is 0. The van der Waals surface area contributed by atoms with Crippen molar-refractivity contribution in [1.82, 2.24) is 9.80 Å². The first-order chi connectivity index (χ1) is 15.5. The lowest BCUT2D eigenvalue weighted by molar-refractivity contribution is 0.0628. The molecule has 166 valence electrons. The number of rotatable bonds is 6. The van der Waals surface area contributed by atoms with Crippen LogP contribution < -0.4 is 4.74 Å². The molecule has 0 saturated carbocycles. The maximum atomic E-state index is 13.1. The molecule has 0 aromatic heterocycles. The Labute approximate surface area is 199 Å². The van der Waals surface area contributed by atoms with E-state index in [0.717, 1.165) is 47.1 Å². The minimum absolute atomic E-state index is 0.0620. The van der Waals surface area contributed by atoms with E-state index in [0.29, 0.717) is 30.3 Å². The lowest BCUT2D eigenvalue weighted by atomic mass is 10.1. The second kappa shape index (κ2) is 10.4. The molecule has 0 radical (unpaired) electrons. The molecule has 32 heavy (non-hydrogen) atoms. The lowest BCUT2D eigenvalue weighted by Crippen LogP contribution is -2.48. The molecule has 1 amide bonds. The van der Waals surface area contributed by atoms with Crippen molar-refractivity contribution in [2.45, 2.75) is 20.1 Å². The standard InChI is InChI=1S/C26H26Cl2N2O2/c1-19-15-23(27)9-10-25(19)32-18-20-5-4-7-21(16-20)26(31)30-13-11-29(12-14-30)17-22-6-2-3-8-24(22)28/h2-10,15-16H,11-14,17-18H2,1H3. The van der Waals surface area contributed by atoms with Gasteiger partial charge in [0.1, 0.15) is 12.4 Å². The molecule has 0 unspecified atom stereocenters. The fourth-order valence-corrected chi connectivity index (χ4v) is 4.31. The van der Waals surface area contributed by atoms with Crippen LogP contribution in [0.25, 0.3) is 0 Å². The van der Waals surface area contributed by atoms with Crippen LogP contribution >= 0.6 is 23.2 Å². The summed E-state index contributed by atoms with van der Waals surface area (Å²) in [6, 6.07) is 21.2. The maximum Gasteiger partial charge on any atom is 0.253 e. The van der Waals surface area contributed by atoms with Gasteiger partial charge in [0.15, 0.2) is 0 Å². The van der Waals surface area contributed by atoms with Crippen molar-refractivity contribution in [3.05, 3.63) is 99.0 Å². The third-order valence-corrected chi connectivity index (χ3v) is 6.32. The molecule has 0 spiro atoms. The van der Waals surface area contributed by atoms with Gasteiger partial charge in [0, 0.05) is 48.3 Å². The third-order valence-electron chi connectivity index (χ3n) is 5.72. The molecule has 1 fully saturated rings. The Kier molecular flexibility index (Phi) is 7.36. The second-order valence-corrected chi connectivity index (χ2v) is 8.90. The van der Waals surface area contributed by atoms with Crippen LogP contribution in [0.1, 0.15) is 27.0 Å². The van der Waals surface area contributed by atoms with Crippen molar-refractivity contribution in [2.75, 3.05) is 26.2 Å². The molecule has 6 heteroatoms. The largest absolute Gasteiger partial charge is 0.489 e. The molecule has 0 atom stereocenters. The number of hydrogen-bond donors (Lipinski definition) is 0. The molecule has 0 N–H and O–H groups in total. The predicted molar refractivity (Wildman–Crippen MR) is 130 cm³/mol. The first-order valence-corrected chi connectivity index (χ1v) is 11.5. The van der Waals surface area contributed by atoms with Crippen LogP contribution in [-0.4, -0.2) is 41.9 Å². The quantitative estimate of drug-likeness (QED) is 0.455. The fraction of sp³-hybridized carbons (Fsp3) is 0.269. The average Bonchev–Trinajstić information content (AvgIpc) is 2.80. The van der Waals surface area contributed by atoms with Gasteiger partial charge in [-0.2, -0.15) is 0 Å². The highest BCUT2D eigenvalue weighted by atomic mass is 35.5. The number of ether oxygens (including phenoxy) is 1. The average molecular weight is 469 g/mol. The smallest absolute Gasteiger partial charge is 0.253 e. The van der Waals surface area contributed by atoms with E-state index in [9.17, 15) is 4.79 Å². The highest BCUT2D eigenvalue weighted by molar-refractivity contribution is 6.31. The van der Waals surface area contributed by atoms with Gasteiger partial charge in [-0.3, -0.25) is 9.69 Å². The Morgan fingerprint density at radius 2 is 1.72 bits per heavy atom. The van der Waals surface area contributed by atoms with E-state index in [1.54, 1.807) is 0 Å². The van der Waals surface area contributed by atoms with Crippen LogP contribution in [0, 0.1) is 6.92 Å². The van der Waals surface area contributed by atoms with Crippen molar-refractivity contribution >= 4 is 29.1 Å². The van der Waals surface area contributed by atoms with E-state index in [2.05, 4.69) is 11.0 Å². The zero-order valence-corrected chi connectivity index (χ0v) is 19.6. The van der Waals surface area contributed by atoms with Gasteiger partial charge in [-0.05, 0) is 60.0 Å². The predicted octanol–water partition coefficient (Wildman–Crippen LogP) is 5.84. The van der Waals surface area contributed by atoms with Gasteiger partial charge in [0.2, 0.25) is 0 Å². The Morgan fingerprint density at radius 1 is 0.938 bits per heavy atom. The van der Waals surface area contributed by atoms with E-state index in [1.165, 1.54) is 0 Å². The minimum atomic E-state index is 0.0620. The molecule has 4 nitrogen and oxygen atoms in total. The number of hydrogen-bond acceptors (Lipinski definition) is 3. The monoisotopic (exact) mass is 468 g/mol. The number of nitrogens with zero attached hydrogens (tertiary/aromatic N) is 2. The lowest BCUT2D eigenvalue weighted by Gasteiger charge is -2.35. The highest BCUT2D eigenvalue weighted by Gasteiger charge is 2.22. The summed E-state index contributed by atoms with van der Waals surface area (Å²) in [7, 11) is 0. The molecule has 1 aliphatic rings. The first-order valence-electron chi connectivity index (χ1n) is 10.7. The van der Waals surface area contributed by atoms with Crippen LogP contribution in [0.15, 0.2) is 66.7 Å². The molecular weight excluding hydrogens is 443 g/mol. The van der Waals surface area contributed by atoms with Crippen molar-refractivity contribution < 1.29 is 9.53 Å². The summed E-state index contributed by atoms with van der Waals surface area (Å²) in [5.74, 6) is 0.854. The molecule has 1 aliphatic heterocycles. The number of aryl methyl sites for hydroxylation is 1. The summed E-state index contributed by atoms with van der Waals surface area (Å²) in [5.41, 5.74) is 3.76. The van der Waals surface area contributed by atoms with Gasteiger partial charge in [0.25, 0.3) is 5.91 Å². The van der Waals surface area contributed by atoms with Crippen LogP contribution in [0.5, 0.6) is 5.75 Å². The number of carbonyl (C=O) groups is 1. The molecule has 3 aromatic rings. The van der Waals surface area contributed by atoms with E-state index in [1.807, 2.05) is 72.5 Å². The number of halogens is 2. The number of piperazine rings is 1. The van der Waals surface area contributed by atoms with Gasteiger partial charge in [-0.1, -0.05) is 53.5 Å². The molecule has 1 heterocycles. The molecule has 0 bridgehead atoms.